The van der Waals surface area contributed by atoms with Crippen molar-refractivity contribution in [2.45, 2.75) is 6.92 Å². The Hall–Kier alpha value is 15.0. The van der Waals surface area contributed by atoms with Gasteiger partial charge in [-0.1, -0.05) is 11.7 Å². The van der Waals surface area contributed by atoms with Crippen molar-refractivity contribution in [3.63, 3.8) is 0 Å². The van der Waals surface area contributed by atoms with Gasteiger partial charge in [0.1, 0.15) is 0 Å². The van der Waals surface area contributed by atoms with Crippen molar-refractivity contribution in [3.05, 3.63) is 0 Å². The predicted molar refractivity (Wildman–Crippen MR) is 339 cm³/mol. The summed E-state index contributed by atoms with van der Waals surface area (Å²) >= 11 is 5.53. The van der Waals surface area contributed by atoms with Gasteiger partial charge in [0.05, 0.1) is 17.7 Å². The maximum absolute atomic E-state index is 5.20. The third-order valence-corrected chi connectivity index (χ3v) is 91.8. The van der Waals surface area contributed by atoms with E-state index < -0.39 is 0 Å². The molecule has 0 aliphatic rings. The zero-order valence-electron chi connectivity index (χ0n) is 19.7. The van der Waals surface area contributed by atoms with Crippen LogP contribution in [0.2, 0.25) is 0 Å². The Morgan fingerprint density at radius 1 is 0.261 bits per heavy atom. The van der Waals surface area contributed by atoms with Crippen molar-refractivity contribution in [1.82, 2.24) is 0 Å². The Kier molecular flexibility index (Phi) is 79.6. The van der Waals surface area contributed by atoms with E-state index in [0.29, 0.717) is 0 Å². The van der Waals surface area contributed by atoms with E-state index >= 15 is 0 Å². The first-order valence-corrected chi connectivity index (χ1v) is 64.6. The minimum absolute atomic E-state index is 0.750. The summed E-state index contributed by atoms with van der Waals surface area (Å²) in [4.78, 5) is 0. The fourth-order valence-electron chi connectivity index (χ4n) is 0.522. The molecule has 0 radical (unpaired) electrons. The zero-order valence-corrected chi connectivity index (χ0v) is 54.9. The van der Waals surface area contributed by atoms with Gasteiger partial charge in [-0.05, 0) is 85.5 Å². The molecule has 0 saturated carbocycles. The first kappa shape index (κ1) is 61.0. The minimum atomic E-state index is 0.750. The van der Waals surface area contributed by atoms with Crippen LogP contribution in [0.25, 0.3) is 0 Å². The lowest BCUT2D eigenvalue weighted by Crippen LogP contribution is -1.69. The molecule has 0 aromatic carbocycles. The van der Waals surface area contributed by atoms with Gasteiger partial charge in [0.2, 0.25) is 0 Å². The number of hydrogen-bond donors (Lipinski definition) is 1. The first-order chi connectivity index (χ1) is 22.9. The van der Waals surface area contributed by atoms with Crippen LogP contribution in [0.4, 0.5) is 0 Å². The molecule has 0 fully saturated rings. The van der Waals surface area contributed by atoms with Gasteiger partial charge in [0.25, 0.3) is 0 Å². The zero-order chi connectivity index (χ0) is 33.1. The highest BCUT2D eigenvalue weighted by molar-refractivity contribution is 9.62. The maximum atomic E-state index is 5.20. The first-order valence-electron chi connectivity index (χ1n) is 8.18. The second-order valence-corrected chi connectivity index (χ2v) is 76.8. The van der Waals surface area contributed by atoms with Crippen molar-refractivity contribution in [2.75, 3.05) is 6.61 Å². The molecule has 0 unspecified atom stereocenters. The van der Waals surface area contributed by atoms with Gasteiger partial charge in [-0.3, -0.25) is 0 Å². The molecular formula is C2H6OS43. The summed E-state index contributed by atoms with van der Waals surface area (Å²) in [6, 6.07) is 0. The van der Waals surface area contributed by atoms with E-state index in [-0.39, 0.29) is 0 Å². The summed E-state index contributed by atoms with van der Waals surface area (Å²) in [5, 5.41) is 0. The molecule has 1 nitrogen and oxygen atoms in total. The Balaban J connectivity index is 3.03. The van der Waals surface area contributed by atoms with E-state index in [1.165, 1.54) is 20.9 Å². The summed E-state index contributed by atoms with van der Waals surface area (Å²) in [6.45, 7) is 2.75. The van der Waals surface area contributed by atoms with Crippen molar-refractivity contribution in [3.8, 4) is 0 Å². The predicted octanol–water partition coefficient (Wildman–Crippen LogP) is 28.1. The van der Waals surface area contributed by atoms with Crippen LogP contribution in [0, 0.1) is 0 Å². The van der Waals surface area contributed by atoms with Crippen LogP contribution in [0.5, 0.6) is 0 Å². The van der Waals surface area contributed by atoms with Crippen molar-refractivity contribution in [2.24, 2.45) is 0 Å². The minimum Gasteiger partial charge on any atom is -0.305 e. The molecule has 0 N–H and O–H groups in total. The van der Waals surface area contributed by atoms with Gasteiger partial charge in [-0.15, -0.1) is 0 Å². The highest BCUT2D eigenvalue weighted by Gasteiger charge is 2.03. The van der Waals surface area contributed by atoms with Gasteiger partial charge in [0.15, 0.2) is 0 Å². The van der Waals surface area contributed by atoms with Crippen LogP contribution in [0.15, 0.2) is 0 Å². The van der Waals surface area contributed by atoms with E-state index in [1.54, 1.807) is 98.3 Å². The highest BCUT2D eigenvalue weighted by Crippen LogP contribution is 2.68. The monoisotopic (exact) mass is 1420 g/mol. The molecule has 0 aliphatic carbocycles. The Morgan fingerprint density at radius 3 is 0.565 bits per heavy atom. The topological polar surface area (TPSA) is 9.23 Å². The van der Waals surface area contributed by atoms with E-state index in [1.807, 2.05) is 302 Å². The van der Waals surface area contributed by atoms with Crippen LogP contribution >= 0.6 is 426 Å². The van der Waals surface area contributed by atoms with Crippen molar-refractivity contribution >= 4 is 426 Å². The molecule has 0 heterocycles. The second kappa shape index (κ2) is 60.0. The van der Waals surface area contributed by atoms with Crippen molar-refractivity contribution in [1.29, 1.82) is 0 Å². The largest absolute Gasteiger partial charge is 0.305 e. The second-order valence-electron chi connectivity index (χ2n) is 3.27. The average molecular weight is 1420 g/mol. The smallest absolute Gasteiger partial charge is 0.0749 e. The van der Waals surface area contributed by atoms with Crippen LogP contribution < -0.4 is 0 Å². The fraction of sp³-hybridized carbons (Fsp3) is 1.00. The number of rotatable bonds is 43. The SMILES string of the molecule is CCOSSSSSSSSSSSSSSSSSSSSSSSSSSSSSSSSSSSSSSSSSSS. The number of thiol groups is 1. The molecular weight excluding hydrogens is 1420 g/mol. The molecule has 278 valence electrons. The molecule has 0 atom stereocenters. The van der Waals surface area contributed by atoms with Gasteiger partial charge in [-0.2, -0.15) is 0 Å². The fourth-order valence-corrected chi connectivity index (χ4v) is 110. The lowest BCUT2D eigenvalue weighted by molar-refractivity contribution is 0.408. The van der Waals surface area contributed by atoms with E-state index in [9.17, 15) is 0 Å². The van der Waals surface area contributed by atoms with E-state index in [4.69, 9.17) is 4.18 Å². The molecule has 0 spiro atoms. The average Bonchev–Trinajstić information content (AvgIpc) is 3.07. The lowest BCUT2D eigenvalue weighted by Gasteiger charge is -2.00. The normalized spacial score (nSPS) is 11.6. The Morgan fingerprint density at radius 2 is 0.413 bits per heavy atom. The molecule has 0 aromatic rings. The Labute approximate surface area is 432 Å². The summed E-state index contributed by atoms with van der Waals surface area (Å²) < 4.78 is 5.20. The van der Waals surface area contributed by atoms with Gasteiger partial charge in [0, 0.05) is 324 Å². The third-order valence-electron chi connectivity index (χ3n) is 1.31. The number of hydrogen-bond acceptors (Lipinski definition) is 44. The standard InChI is InChI=1S/C2H6OS43/c1-2-3-5-7-9-11-13-15-17-19-21-23-25-27-29-31-33-35-37-39-41-43-45-46-44-42-40-38-36-34-32-30-28-26-24-22-20-18-16-14-12-10-8-6-4/h4H,2H2,1H3. The third kappa shape index (κ3) is 59.0. The van der Waals surface area contributed by atoms with Crippen molar-refractivity contribution < 1.29 is 4.18 Å². The summed E-state index contributed by atoms with van der Waals surface area (Å²) in [5.74, 6) is 0. The Bertz CT molecular complexity index is 455. The van der Waals surface area contributed by atoms with Crippen LogP contribution in [-0.4, -0.2) is 6.61 Å². The summed E-state index contributed by atoms with van der Waals surface area (Å²) in [5.41, 5.74) is 0. The summed E-state index contributed by atoms with van der Waals surface area (Å²) in [7, 11) is 73.7. The molecule has 0 aliphatic heterocycles. The molecule has 46 heavy (non-hydrogen) atoms. The van der Waals surface area contributed by atoms with Gasteiger partial charge < -0.3 is 4.18 Å². The van der Waals surface area contributed by atoms with Gasteiger partial charge >= 0.3 is 0 Å². The van der Waals surface area contributed by atoms with E-state index in [0.717, 1.165) is 6.61 Å². The van der Waals surface area contributed by atoms with Crippen LogP contribution in [0.3, 0.4) is 0 Å². The molecule has 0 aromatic heterocycles. The van der Waals surface area contributed by atoms with Crippen LogP contribution in [0.1, 0.15) is 6.92 Å². The highest BCUT2D eigenvalue weighted by atomic mass is 34.1. The summed E-state index contributed by atoms with van der Waals surface area (Å²) in [6.07, 6.45) is 0. The molecule has 0 amide bonds. The molecule has 44 heteroatoms. The van der Waals surface area contributed by atoms with Gasteiger partial charge in [-0.25, -0.2) is 0 Å². The quantitative estimate of drug-likeness (QED) is 0.0268. The maximum Gasteiger partial charge on any atom is 0.0749 e. The molecule has 0 bridgehead atoms. The van der Waals surface area contributed by atoms with Crippen LogP contribution in [-0.2, 0) is 4.18 Å². The molecule has 0 rings (SSSR count). The lowest BCUT2D eigenvalue weighted by atomic mass is 10.9. The molecule has 0 saturated heterocycles. The van der Waals surface area contributed by atoms with E-state index in [2.05, 4.69) is 11.7 Å².